The van der Waals surface area contributed by atoms with E-state index in [4.69, 9.17) is 0 Å². The molecule has 6 rings (SSSR count). The first-order valence-corrected chi connectivity index (χ1v) is 17.9. The van der Waals surface area contributed by atoms with E-state index in [2.05, 4.69) is 24.5 Å². The number of hydrogen-bond donors (Lipinski definition) is 2. The summed E-state index contributed by atoms with van der Waals surface area (Å²) in [5.41, 5.74) is 0.881. The molecule has 2 heterocycles. The molecular weight excluding hydrogens is 624 g/mol. The van der Waals surface area contributed by atoms with E-state index in [1.807, 2.05) is 121 Å². The molecule has 0 atom stereocenters. The first-order chi connectivity index (χ1) is 24.4. The van der Waals surface area contributed by atoms with Gasteiger partial charge in [0.1, 0.15) is 0 Å². The van der Waals surface area contributed by atoms with E-state index in [0.717, 1.165) is 73.6 Å². The Balaban J connectivity index is 0.000000194. The Hall–Kier alpha value is -5.24. The molecule has 0 spiro atoms. The number of amides is 6. The molecule has 0 bridgehead atoms. The van der Waals surface area contributed by atoms with Crippen LogP contribution in [0.1, 0.15) is 87.5 Å². The molecule has 4 aromatic carbocycles. The fraction of sp³-hybridized carbons (Fsp3) is 0.333. The van der Waals surface area contributed by atoms with Gasteiger partial charge in [-0.3, -0.25) is 19.4 Å². The number of nitrogens with one attached hydrogen (secondary N) is 2. The average molecular weight is 673 g/mol. The van der Waals surface area contributed by atoms with E-state index in [-0.39, 0.29) is 23.9 Å². The molecule has 0 saturated carbocycles. The van der Waals surface area contributed by atoms with Crippen molar-refractivity contribution in [2.45, 2.75) is 76.3 Å². The lowest BCUT2D eigenvalue weighted by Crippen LogP contribution is -2.45. The summed E-state index contributed by atoms with van der Waals surface area (Å²) in [4.78, 5) is 54.6. The molecule has 4 aromatic rings. The van der Waals surface area contributed by atoms with E-state index in [1.165, 1.54) is 9.80 Å². The maximum Gasteiger partial charge on any atom is 0.325 e. The summed E-state index contributed by atoms with van der Waals surface area (Å²) < 4.78 is 0. The highest BCUT2D eigenvalue weighted by Crippen LogP contribution is 2.37. The number of urea groups is 2. The van der Waals surface area contributed by atoms with Crippen molar-refractivity contribution in [1.29, 1.82) is 0 Å². The molecule has 8 nitrogen and oxygen atoms in total. The van der Waals surface area contributed by atoms with E-state index < -0.39 is 11.1 Å². The topological polar surface area (TPSA) is 98.8 Å². The molecule has 2 N–H and O–H groups in total. The van der Waals surface area contributed by atoms with Crippen LogP contribution in [0, 0.1) is 0 Å². The second-order valence-corrected chi connectivity index (χ2v) is 12.9. The van der Waals surface area contributed by atoms with Gasteiger partial charge in [-0.25, -0.2) is 9.59 Å². The summed E-state index contributed by atoms with van der Waals surface area (Å²) in [5, 5.41) is 5.96. The van der Waals surface area contributed by atoms with Crippen LogP contribution in [0.4, 0.5) is 9.59 Å². The van der Waals surface area contributed by atoms with Crippen LogP contribution in [0.15, 0.2) is 121 Å². The lowest BCUT2D eigenvalue weighted by Gasteiger charge is -2.28. The highest BCUT2D eigenvalue weighted by molar-refractivity contribution is 6.10. The van der Waals surface area contributed by atoms with Crippen LogP contribution in [-0.2, 0) is 20.7 Å². The normalized spacial score (nSPS) is 16.1. The number of benzene rings is 4. The van der Waals surface area contributed by atoms with Crippen LogP contribution < -0.4 is 10.6 Å². The molecule has 0 unspecified atom stereocenters. The predicted octanol–water partition coefficient (Wildman–Crippen LogP) is 8.12. The van der Waals surface area contributed by atoms with Gasteiger partial charge in [0.25, 0.3) is 11.8 Å². The van der Waals surface area contributed by atoms with Gasteiger partial charge in [0.05, 0.1) is 0 Å². The smallest absolute Gasteiger partial charge is 0.315 e. The summed E-state index contributed by atoms with van der Waals surface area (Å²) in [6.45, 7) is 5.21. The van der Waals surface area contributed by atoms with Gasteiger partial charge >= 0.3 is 12.1 Å². The van der Waals surface area contributed by atoms with Crippen molar-refractivity contribution in [1.82, 2.24) is 20.4 Å². The summed E-state index contributed by atoms with van der Waals surface area (Å²) in [6.07, 6.45) is 8.21. The molecule has 2 fully saturated rings. The Labute approximate surface area is 295 Å². The zero-order valence-corrected chi connectivity index (χ0v) is 29.1. The zero-order valence-electron chi connectivity index (χ0n) is 29.1. The van der Waals surface area contributed by atoms with Crippen LogP contribution in [-0.4, -0.2) is 46.8 Å². The fourth-order valence-corrected chi connectivity index (χ4v) is 6.82. The number of rotatable bonds is 14. The van der Waals surface area contributed by atoms with Gasteiger partial charge in [0.15, 0.2) is 11.1 Å². The van der Waals surface area contributed by atoms with Gasteiger partial charge in [-0.15, -0.1) is 0 Å². The lowest BCUT2D eigenvalue weighted by molar-refractivity contribution is -0.131. The number of carbonyl (C=O) groups excluding carboxylic acids is 4. The third kappa shape index (κ3) is 7.34. The van der Waals surface area contributed by atoms with Gasteiger partial charge in [0.2, 0.25) is 0 Å². The summed E-state index contributed by atoms with van der Waals surface area (Å²) in [6, 6.07) is 37.3. The van der Waals surface area contributed by atoms with E-state index in [9.17, 15) is 19.2 Å². The number of hydrogen-bond acceptors (Lipinski definition) is 4. The van der Waals surface area contributed by atoms with Crippen LogP contribution in [0.3, 0.4) is 0 Å². The SMILES string of the molecule is CCCCCCN1C(=O)NC(c2ccccc2)(c2ccccc2)C1=O.CCCCCCN1C(=O)NC(c2ccccc2)(c2ccccc2)C1=O. The third-order valence-corrected chi connectivity index (χ3v) is 9.51. The van der Waals surface area contributed by atoms with Crippen molar-refractivity contribution >= 4 is 23.9 Å². The van der Waals surface area contributed by atoms with Gasteiger partial charge in [-0.05, 0) is 35.1 Å². The van der Waals surface area contributed by atoms with Crippen LogP contribution in [0.25, 0.3) is 0 Å². The Kier molecular flexibility index (Phi) is 12.2. The van der Waals surface area contributed by atoms with Gasteiger partial charge in [-0.2, -0.15) is 0 Å². The van der Waals surface area contributed by atoms with Crippen molar-refractivity contribution in [3.63, 3.8) is 0 Å². The molecule has 2 aliphatic rings. The maximum atomic E-state index is 13.3. The number of carbonyl (C=O) groups is 4. The Morgan fingerprint density at radius 3 is 0.960 bits per heavy atom. The molecule has 2 saturated heterocycles. The molecule has 2 aliphatic heterocycles. The lowest BCUT2D eigenvalue weighted by atomic mass is 9.82. The second kappa shape index (κ2) is 16.9. The Morgan fingerprint density at radius 2 is 0.700 bits per heavy atom. The summed E-state index contributed by atoms with van der Waals surface area (Å²) in [7, 11) is 0. The van der Waals surface area contributed by atoms with Crippen molar-refractivity contribution in [3.05, 3.63) is 144 Å². The van der Waals surface area contributed by atoms with E-state index in [0.29, 0.717) is 13.1 Å². The van der Waals surface area contributed by atoms with E-state index in [1.54, 1.807) is 0 Å². The first-order valence-electron chi connectivity index (χ1n) is 17.9. The molecule has 6 amide bonds. The van der Waals surface area contributed by atoms with Crippen molar-refractivity contribution in [2.75, 3.05) is 13.1 Å². The van der Waals surface area contributed by atoms with Crippen molar-refractivity contribution in [2.24, 2.45) is 0 Å². The van der Waals surface area contributed by atoms with Crippen molar-refractivity contribution in [3.8, 4) is 0 Å². The molecule has 50 heavy (non-hydrogen) atoms. The fourth-order valence-electron chi connectivity index (χ4n) is 6.82. The second-order valence-electron chi connectivity index (χ2n) is 12.9. The molecule has 260 valence electrons. The molecule has 0 aromatic heterocycles. The van der Waals surface area contributed by atoms with Crippen LogP contribution >= 0.6 is 0 Å². The summed E-state index contributed by atoms with van der Waals surface area (Å²) >= 11 is 0. The maximum absolute atomic E-state index is 13.3. The largest absolute Gasteiger partial charge is 0.325 e. The van der Waals surface area contributed by atoms with Crippen LogP contribution in [0.2, 0.25) is 0 Å². The monoisotopic (exact) mass is 672 g/mol. The van der Waals surface area contributed by atoms with E-state index >= 15 is 0 Å². The molecular formula is C42H48N4O4. The minimum absolute atomic E-state index is 0.189. The predicted molar refractivity (Wildman–Crippen MR) is 196 cm³/mol. The average Bonchev–Trinajstić information content (AvgIpc) is 3.58. The standard InChI is InChI=1S/2C21H24N2O2/c2*1-2-3-4-11-16-23-19(24)21(22-20(23)25,17-12-7-5-8-13-17)18-14-9-6-10-15-18/h2*5-10,12-15H,2-4,11,16H2,1H3,(H,22,25). The Morgan fingerprint density at radius 1 is 0.420 bits per heavy atom. The highest BCUT2D eigenvalue weighted by Gasteiger charge is 2.54. The quantitative estimate of drug-likeness (QED) is 0.104. The number of nitrogens with zero attached hydrogens (tertiary/aromatic N) is 2. The van der Waals surface area contributed by atoms with Crippen LogP contribution in [0.5, 0.6) is 0 Å². The minimum Gasteiger partial charge on any atom is -0.315 e. The number of imide groups is 2. The first kappa shape index (κ1) is 36.1. The summed E-state index contributed by atoms with van der Waals surface area (Å²) in [5.74, 6) is -0.377. The van der Waals surface area contributed by atoms with Crippen molar-refractivity contribution < 1.29 is 19.2 Å². The van der Waals surface area contributed by atoms with Gasteiger partial charge in [0, 0.05) is 13.1 Å². The Bertz CT molecular complexity index is 1510. The number of unbranched alkanes of at least 4 members (excludes halogenated alkanes) is 6. The molecule has 8 heteroatoms. The zero-order chi connectivity index (χ0) is 35.4. The third-order valence-electron chi connectivity index (χ3n) is 9.51. The minimum atomic E-state index is -1.13. The molecule has 0 radical (unpaired) electrons. The van der Waals surface area contributed by atoms with Gasteiger partial charge in [-0.1, -0.05) is 174 Å². The molecule has 0 aliphatic carbocycles. The highest BCUT2D eigenvalue weighted by atomic mass is 16.2. The van der Waals surface area contributed by atoms with Gasteiger partial charge < -0.3 is 10.6 Å².